The molecule has 3 heterocycles. The van der Waals surface area contributed by atoms with Crippen LogP contribution in [0.5, 0.6) is 0 Å². The number of nitriles is 1. The Kier molecular flexibility index (Phi) is 8.92. The van der Waals surface area contributed by atoms with Crippen molar-refractivity contribution in [2.45, 2.75) is 37.9 Å². The van der Waals surface area contributed by atoms with Crippen LogP contribution in [-0.2, 0) is 11.8 Å². The van der Waals surface area contributed by atoms with Gasteiger partial charge in [-0.2, -0.15) is 28.4 Å². The van der Waals surface area contributed by atoms with Gasteiger partial charge in [-0.25, -0.2) is 14.8 Å². The predicted molar refractivity (Wildman–Crippen MR) is 143 cm³/mol. The van der Waals surface area contributed by atoms with E-state index < -0.39 is 12.1 Å². The molecule has 218 valence electrons. The van der Waals surface area contributed by atoms with Crippen molar-refractivity contribution < 1.29 is 27.9 Å². The van der Waals surface area contributed by atoms with Crippen molar-refractivity contribution in [3.63, 3.8) is 0 Å². The van der Waals surface area contributed by atoms with E-state index in [1.165, 1.54) is 0 Å². The molecule has 1 amide bonds. The molecule has 1 aliphatic carbocycles. The number of carboxylic acid groups (broad SMARTS) is 1. The second-order valence-corrected chi connectivity index (χ2v) is 9.90. The van der Waals surface area contributed by atoms with Crippen LogP contribution in [0.25, 0.3) is 11.2 Å². The lowest BCUT2D eigenvalue weighted by atomic mass is 10.1. The number of fused-ring (bicyclic) bond motifs is 1. The minimum absolute atomic E-state index is 0.0366. The summed E-state index contributed by atoms with van der Waals surface area (Å²) in [7, 11) is 3.95. The normalized spacial score (nSPS) is 16.1. The number of nitrogens with one attached hydrogen (secondary N) is 1. The maximum Gasteiger partial charge on any atom is 0.490 e. The minimum atomic E-state index is -5.08. The lowest BCUT2D eigenvalue weighted by Gasteiger charge is -2.34. The molecule has 5 rings (SSSR count). The van der Waals surface area contributed by atoms with E-state index in [0.29, 0.717) is 22.5 Å². The van der Waals surface area contributed by atoms with Crippen LogP contribution >= 0.6 is 0 Å². The summed E-state index contributed by atoms with van der Waals surface area (Å²) in [6.45, 7) is 3.88. The first-order valence-electron chi connectivity index (χ1n) is 13.0. The van der Waals surface area contributed by atoms with Crippen molar-refractivity contribution in [2.75, 3.05) is 43.6 Å². The molecule has 1 aromatic carbocycles. The second kappa shape index (κ2) is 12.4. The van der Waals surface area contributed by atoms with Crippen LogP contribution in [-0.4, -0.2) is 91.9 Å². The van der Waals surface area contributed by atoms with Crippen molar-refractivity contribution >= 4 is 34.5 Å². The highest BCUT2D eigenvalue weighted by atomic mass is 19.4. The molecule has 2 fully saturated rings. The third-order valence-corrected chi connectivity index (χ3v) is 7.00. The van der Waals surface area contributed by atoms with Gasteiger partial charge in [0.25, 0.3) is 5.91 Å². The van der Waals surface area contributed by atoms with Gasteiger partial charge in [0, 0.05) is 44.5 Å². The largest absolute Gasteiger partial charge is 0.490 e. The number of anilines is 2. The van der Waals surface area contributed by atoms with Crippen LogP contribution in [0.1, 0.15) is 41.9 Å². The second-order valence-electron chi connectivity index (χ2n) is 9.90. The number of aryl methyl sites for hydroxylation is 1. The van der Waals surface area contributed by atoms with Gasteiger partial charge in [0.05, 0.1) is 12.4 Å². The first-order chi connectivity index (χ1) is 19.5. The molecule has 2 aliphatic rings. The summed E-state index contributed by atoms with van der Waals surface area (Å²) >= 11 is 0. The Morgan fingerprint density at radius 3 is 2.39 bits per heavy atom. The van der Waals surface area contributed by atoms with Crippen molar-refractivity contribution in [3.05, 3.63) is 42.0 Å². The highest BCUT2D eigenvalue weighted by Gasteiger charge is 2.38. The summed E-state index contributed by atoms with van der Waals surface area (Å²) in [4.78, 5) is 40.4. The predicted octanol–water partition coefficient (Wildman–Crippen LogP) is 3.03. The Morgan fingerprint density at radius 2 is 1.78 bits per heavy atom. The number of hydrazine groups is 1. The number of benzene rings is 1. The molecule has 3 aromatic rings. The van der Waals surface area contributed by atoms with Crippen LogP contribution in [0.3, 0.4) is 0 Å². The molecule has 0 spiro atoms. The first-order valence-corrected chi connectivity index (χ1v) is 13.0. The van der Waals surface area contributed by atoms with Crippen LogP contribution in [0.4, 0.5) is 24.7 Å². The lowest BCUT2D eigenvalue weighted by molar-refractivity contribution is -0.192. The van der Waals surface area contributed by atoms with E-state index in [0.717, 1.165) is 57.5 Å². The van der Waals surface area contributed by atoms with Gasteiger partial charge in [0.1, 0.15) is 6.07 Å². The average Bonchev–Trinajstić information content (AvgIpc) is 3.62. The maximum atomic E-state index is 13.8. The number of nitrogens with zero attached hydrogens (tertiary/aromatic N) is 8. The van der Waals surface area contributed by atoms with Gasteiger partial charge in [0.2, 0.25) is 5.82 Å². The molecule has 15 heteroatoms. The number of rotatable bonds is 5. The van der Waals surface area contributed by atoms with E-state index in [1.807, 2.05) is 31.3 Å². The van der Waals surface area contributed by atoms with Crippen molar-refractivity contribution in [2.24, 2.45) is 7.05 Å². The van der Waals surface area contributed by atoms with E-state index >= 15 is 0 Å². The number of aliphatic carboxylic acids is 1. The molecule has 12 nitrogen and oxygen atoms in total. The summed E-state index contributed by atoms with van der Waals surface area (Å²) in [5, 5.41) is 18.2. The maximum absolute atomic E-state index is 13.8. The summed E-state index contributed by atoms with van der Waals surface area (Å²) < 4.78 is 33.5. The smallest absolute Gasteiger partial charge is 0.475 e. The standard InChI is InChI=1S/C24H29N9O.C2HF3O2/c1-30-10-12-32(13-11-30)19-9-5-6-17(14-19)24(34)33(18-7-3-4-8-18)29-22-21-23(31(2)16-26-21)28-20(15-25)27-22;3-2(4,5)1(6)7/h5-6,9,14,16,18H,3-4,7-8,10-13H2,1-2H3,(H,27,28,29);(H,6,7). The highest BCUT2D eigenvalue weighted by Crippen LogP contribution is 2.28. The monoisotopic (exact) mass is 573 g/mol. The molecule has 0 unspecified atom stereocenters. The third-order valence-electron chi connectivity index (χ3n) is 7.00. The van der Waals surface area contributed by atoms with Crippen LogP contribution in [0, 0.1) is 11.3 Å². The van der Waals surface area contributed by atoms with E-state index in [4.69, 9.17) is 9.90 Å². The molecule has 2 N–H and O–H groups in total. The SMILES string of the molecule is CN1CCN(c2cccc(C(=O)N(Nc3nc(C#N)nc4c3ncn4C)C3CCCC3)c2)CC1.O=C(O)C(F)(F)F. The fourth-order valence-corrected chi connectivity index (χ4v) is 4.76. The molecule has 41 heavy (non-hydrogen) atoms. The highest BCUT2D eigenvalue weighted by molar-refractivity contribution is 5.97. The number of amides is 1. The van der Waals surface area contributed by atoms with Crippen LogP contribution in [0.2, 0.25) is 0 Å². The minimum Gasteiger partial charge on any atom is -0.475 e. The Labute approximate surface area is 234 Å². The molecule has 1 saturated heterocycles. The number of imidazole rings is 1. The summed E-state index contributed by atoms with van der Waals surface area (Å²) in [5.41, 5.74) is 6.01. The van der Waals surface area contributed by atoms with Gasteiger partial charge in [-0.05, 0) is 38.1 Å². The zero-order valence-electron chi connectivity index (χ0n) is 22.6. The number of aromatic nitrogens is 4. The summed E-state index contributed by atoms with van der Waals surface area (Å²) in [6.07, 6.45) is 0.525. The van der Waals surface area contributed by atoms with Gasteiger partial charge in [-0.1, -0.05) is 18.9 Å². The summed E-state index contributed by atoms with van der Waals surface area (Å²) in [5.74, 6) is -2.45. The zero-order chi connectivity index (χ0) is 29.7. The molecule has 0 radical (unpaired) electrons. The molecule has 1 saturated carbocycles. The molecular formula is C26H30F3N9O3. The van der Waals surface area contributed by atoms with Gasteiger partial charge >= 0.3 is 12.1 Å². The van der Waals surface area contributed by atoms with E-state index in [1.54, 1.807) is 15.9 Å². The lowest BCUT2D eigenvalue weighted by Crippen LogP contribution is -2.45. The Bertz CT molecular complexity index is 1440. The van der Waals surface area contributed by atoms with E-state index in [2.05, 4.69) is 43.3 Å². The van der Waals surface area contributed by atoms with Gasteiger partial charge < -0.3 is 19.5 Å². The number of hydrogen-bond donors (Lipinski definition) is 2. The van der Waals surface area contributed by atoms with Crippen molar-refractivity contribution in [1.29, 1.82) is 5.26 Å². The topological polar surface area (TPSA) is 144 Å². The fourth-order valence-electron chi connectivity index (χ4n) is 4.76. The van der Waals surface area contributed by atoms with Gasteiger partial charge in [-0.3, -0.25) is 10.2 Å². The van der Waals surface area contributed by atoms with Gasteiger partial charge in [0.15, 0.2) is 17.0 Å². The summed E-state index contributed by atoms with van der Waals surface area (Å²) in [6, 6.07) is 9.91. The average molecular weight is 574 g/mol. The van der Waals surface area contributed by atoms with E-state index in [-0.39, 0.29) is 17.8 Å². The number of carbonyl (C=O) groups is 2. The number of piperazine rings is 1. The Balaban J connectivity index is 0.000000493. The number of likely N-dealkylation sites (N-methyl/N-ethyl adjacent to an activating group) is 1. The van der Waals surface area contributed by atoms with Crippen LogP contribution < -0.4 is 10.3 Å². The molecule has 2 aromatic heterocycles. The zero-order valence-corrected chi connectivity index (χ0v) is 22.6. The molecule has 0 atom stereocenters. The molecular weight excluding hydrogens is 543 g/mol. The first kappa shape index (κ1) is 29.5. The Hall–Kier alpha value is -4.45. The van der Waals surface area contributed by atoms with Crippen molar-refractivity contribution in [3.8, 4) is 6.07 Å². The number of carbonyl (C=O) groups excluding carboxylic acids is 1. The number of hydrogen-bond acceptors (Lipinski definition) is 9. The quantitative estimate of drug-likeness (QED) is 0.437. The number of halogens is 3. The fraction of sp³-hybridized carbons (Fsp3) is 0.462. The third kappa shape index (κ3) is 7.01. The Morgan fingerprint density at radius 1 is 1.12 bits per heavy atom. The number of alkyl halides is 3. The molecule has 1 aliphatic heterocycles. The molecule has 0 bridgehead atoms. The van der Waals surface area contributed by atoms with Crippen LogP contribution in [0.15, 0.2) is 30.6 Å². The number of carboxylic acids is 1. The van der Waals surface area contributed by atoms with Crippen molar-refractivity contribution in [1.82, 2.24) is 29.4 Å². The van der Waals surface area contributed by atoms with Gasteiger partial charge in [-0.15, -0.1) is 0 Å². The van der Waals surface area contributed by atoms with E-state index in [9.17, 15) is 23.2 Å².